The fraction of sp³-hybridized carbons (Fsp3) is 0.321. The Labute approximate surface area is 216 Å². The Morgan fingerprint density at radius 2 is 1.58 bits per heavy atom. The summed E-state index contributed by atoms with van der Waals surface area (Å²) < 4.78 is 22.1. The number of nitrogens with two attached hydrogens (primary N) is 1. The highest BCUT2D eigenvalue weighted by Gasteiger charge is 2.37. The normalized spacial score (nSPS) is 16.1. The van der Waals surface area contributed by atoms with Gasteiger partial charge in [-0.25, -0.2) is 0 Å². The van der Waals surface area contributed by atoms with Crippen molar-refractivity contribution in [2.75, 3.05) is 35.0 Å². The van der Waals surface area contributed by atoms with E-state index in [2.05, 4.69) is 4.90 Å². The van der Waals surface area contributed by atoms with E-state index < -0.39 is 11.9 Å². The first-order valence-corrected chi connectivity index (χ1v) is 12.0. The van der Waals surface area contributed by atoms with Crippen molar-refractivity contribution in [1.82, 2.24) is 4.90 Å². The van der Waals surface area contributed by atoms with Crippen molar-refractivity contribution < 1.29 is 23.7 Å². The van der Waals surface area contributed by atoms with Gasteiger partial charge in [0.05, 0.1) is 28.4 Å². The second kappa shape index (κ2) is 11.1. The van der Waals surface area contributed by atoms with Gasteiger partial charge in [0.2, 0.25) is 5.91 Å². The quantitative estimate of drug-likeness (QED) is 0.447. The van der Waals surface area contributed by atoms with E-state index in [9.17, 15) is 4.79 Å². The molecule has 0 saturated heterocycles. The largest absolute Gasteiger partial charge is 0.493 e. The average molecular weight is 511 g/mol. The van der Waals surface area contributed by atoms with Crippen molar-refractivity contribution in [3.63, 3.8) is 0 Å². The van der Waals surface area contributed by atoms with Crippen molar-refractivity contribution in [2.24, 2.45) is 5.73 Å². The van der Waals surface area contributed by atoms with Crippen LogP contribution in [0, 0.1) is 0 Å². The van der Waals surface area contributed by atoms with Crippen LogP contribution in [0.4, 0.5) is 0 Å². The summed E-state index contributed by atoms with van der Waals surface area (Å²) in [6.45, 7) is 0.610. The summed E-state index contributed by atoms with van der Waals surface area (Å²) in [6, 6.07) is 16.3. The standard InChI is InChI=1S/C28H31ClN2O5/c1-33-23-10-9-17(14-24(23)34-2)13-22-20-16-26(36-4)25(35-3)15-18(20)11-12-31(22)27(28(30)32)19-7-5-6-8-21(19)29/h5-10,14-16,22,27H,11-13H2,1-4H3,(H2,30,32). The Hall–Kier alpha value is -3.42. The van der Waals surface area contributed by atoms with Crippen LogP contribution in [0.1, 0.15) is 34.3 Å². The molecular formula is C28H31ClN2O5. The third-order valence-electron chi connectivity index (χ3n) is 6.72. The van der Waals surface area contributed by atoms with Crippen molar-refractivity contribution in [3.8, 4) is 23.0 Å². The van der Waals surface area contributed by atoms with E-state index >= 15 is 0 Å². The molecule has 3 aromatic carbocycles. The second-order valence-electron chi connectivity index (χ2n) is 8.63. The lowest BCUT2D eigenvalue weighted by Gasteiger charge is -2.42. The minimum absolute atomic E-state index is 0.194. The molecule has 1 aliphatic heterocycles. The number of hydrogen-bond acceptors (Lipinski definition) is 6. The van der Waals surface area contributed by atoms with Gasteiger partial charge < -0.3 is 24.7 Å². The number of nitrogens with zero attached hydrogens (tertiary/aromatic N) is 1. The van der Waals surface area contributed by atoms with Gasteiger partial charge in [0.1, 0.15) is 6.04 Å². The van der Waals surface area contributed by atoms with Crippen LogP contribution >= 0.6 is 11.6 Å². The molecule has 3 aromatic rings. The minimum Gasteiger partial charge on any atom is -0.493 e. The van der Waals surface area contributed by atoms with Crippen LogP contribution in [0.3, 0.4) is 0 Å². The van der Waals surface area contributed by atoms with Crippen molar-refractivity contribution in [1.29, 1.82) is 0 Å². The Morgan fingerprint density at radius 3 is 2.22 bits per heavy atom. The van der Waals surface area contributed by atoms with Crippen molar-refractivity contribution in [3.05, 3.63) is 81.9 Å². The molecule has 0 aromatic heterocycles. The molecule has 8 heteroatoms. The van der Waals surface area contributed by atoms with Gasteiger partial charge in [-0.15, -0.1) is 0 Å². The van der Waals surface area contributed by atoms with E-state index in [-0.39, 0.29) is 6.04 Å². The van der Waals surface area contributed by atoms with Crippen LogP contribution in [0.15, 0.2) is 54.6 Å². The highest BCUT2D eigenvalue weighted by Crippen LogP contribution is 2.44. The number of benzene rings is 3. The summed E-state index contributed by atoms with van der Waals surface area (Å²) in [4.78, 5) is 15.0. The molecule has 1 amide bonds. The summed E-state index contributed by atoms with van der Waals surface area (Å²) in [5.41, 5.74) is 9.90. The van der Waals surface area contributed by atoms with Gasteiger partial charge in [0.15, 0.2) is 23.0 Å². The van der Waals surface area contributed by atoms with Gasteiger partial charge in [-0.05, 0) is 65.4 Å². The lowest BCUT2D eigenvalue weighted by molar-refractivity contribution is -0.124. The van der Waals surface area contributed by atoms with E-state index in [1.165, 1.54) is 0 Å². The van der Waals surface area contributed by atoms with E-state index in [4.69, 9.17) is 36.3 Å². The number of fused-ring (bicyclic) bond motifs is 1. The van der Waals surface area contributed by atoms with Gasteiger partial charge in [0.25, 0.3) is 0 Å². The van der Waals surface area contributed by atoms with Gasteiger partial charge in [-0.1, -0.05) is 35.9 Å². The number of methoxy groups -OCH3 is 4. The van der Waals surface area contributed by atoms with Crippen molar-refractivity contribution in [2.45, 2.75) is 24.9 Å². The number of hydrogen-bond donors (Lipinski definition) is 1. The maximum Gasteiger partial charge on any atom is 0.239 e. The number of primary amides is 1. The third kappa shape index (κ3) is 4.94. The molecule has 0 fully saturated rings. The predicted octanol–water partition coefficient (Wildman–Crippen LogP) is 4.74. The number of amides is 1. The molecule has 0 bridgehead atoms. The van der Waals surface area contributed by atoms with E-state index in [0.29, 0.717) is 53.0 Å². The molecule has 0 spiro atoms. The smallest absolute Gasteiger partial charge is 0.239 e. The topological polar surface area (TPSA) is 83.3 Å². The highest BCUT2D eigenvalue weighted by atomic mass is 35.5. The van der Waals surface area contributed by atoms with E-state index in [0.717, 1.165) is 16.7 Å². The summed E-state index contributed by atoms with van der Waals surface area (Å²) in [5.74, 6) is 2.14. The number of carbonyl (C=O) groups is 1. The fourth-order valence-electron chi connectivity index (χ4n) is 5.01. The molecule has 0 saturated carbocycles. The average Bonchev–Trinajstić information content (AvgIpc) is 2.89. The van der Waals surface area contributed by atoms with Crippen LogP contribution < -0.4 is 24.7 Å². The Kier molecular flexibility index (Phi) is 7.91. The molecule has 36 heavy (non-hydrogen) atoms. The van der Waals surface area contributed by atoms with Crippen LogP contribution in [0.5, 0.6) is 23.0 Å². The van der Waals surface area contributed by atoms with Crippen LogP contribution in [-0.2, 0) is 17.6 Å². The van der Waals surface area contributed by atoms with Gasteiger partial charge >= 0.3 is 0 Å². The monoisotopic (exact) mass is 510 g/mol. The lowest BCUT2D eigenvalue weighted by atomic mass is 9.86. The first-order chi connectivity index (χ1) is 17.4. The molecule has 1 heterocycles. The molecule has 4 rings (SSSR count). The van der Waals surface area contributed by atoms with E-state index in [1.54, 1.807) is 34.5 Å². The summed E-state index contributed by atoms with van der Waals surface area (Å²) in [7, 11) is 6.46. The van der Waals surface area contributed by atoms with Gasteiger partial charge in [0, 0.05) is 17.6 Å². The molecule has 190 valence electrons. The summed E-state index contributed by atoms with van der Waals surface area (Å²) in [5, 5.41) is 0.504. The highest BCUT2D eigenvalue weighted by molar-refractivity contribution is 6.31. The third-order valence-corrected chi connectivity index (χ3v) is 7.07. The SMILES string of the molecule is COc1ccc(CC2c3cc(OC)c(OC)cc3CCN2C(C(N)=O)c2ccccc2Cl)cc1OC. The first-order valence-electron chi connectivity index (χ1n) is 11.7. The van der Waals surface area contributed by atoms with E-state index in [1.807, 2.05) is 48.5 Å². The minimum atomic E-state index is -0.704. The summed E-state index contributed by atoms with van der Waals surface area (Å²) in [6.07, 6.45) is 1.31. The van der Waals surface area contributed by atoms with Gasteiger partial charge in [-0.2, -0.15) is 0 Å². The molecule has 0 radical (unpaired) electrons. The Balaban J connectivity index is 1.85. The zero-order valence-corrected chi connectivity index (χ0v) is 21.7. The predicted molar refractivity (Wildman–Crippen MR) is 139 cm³/mol. The van der Waals surface area contributed by atoms with Crippen LogP contribution in [-0.4, -0.2) is 45.8 Å². The molecule has 0 aliphatic carbocycles. The Bertz CT molecular complexity index is 1250. The first kappa shape index (κ1) is 25.7. The molecule has 1 aliphatic rings. The van der Waals surface area contributed by atoms with Gasteiger partial charge in [-0.3, -0.25) is 9.69 Å². The lowest BCUT2D eigenvalue weighted by Crippen LogP contribution is -2.44. The fourth-order valence-corrected chi connectivity index (χ4v) is 5.25. The molecule has 2 unspecified atom stereocenters. The van der Waals surface area contributed by atoms with Crippen molar-refractivity contribution >= 4 is 17.5 Å². The number of halogens is 1. The van der Waals surface area contributed by atoms with Crippen LogP contribution in [0.25, 0.3) is 0 Å². The molecule has 2 atom stereocenters. The molecule has 7 nitrogen and oxygen atoms in total. The zero-order valence-electron chi connectivity index (χ0n) is 20.9. The maximum atomic E-state index is 12.9. The number of carbonyl (C=O) groups excluding carboxylic acids is 1. The maximum absolute atomic E-state index is 12.9. The second-order valence-corrected chi connectivity index (χ2v) is 9.04. The molecule has 2 N–H and O–H groups in total. The zero-order chi connectivity index (χ0) is 25.8. The summed E-state index contributed by atoms with van der Waals surface area (Å²) >= 11 is 6.55. The van der Waals surface area contributed by atoms with Crippen LogP contribution in [0.2, 0.25) is 5.02 Å². The Morgan fingerprint density at radius 1 is 0.944 bits per heavy atom. The molecular weight excluding hydrogens is 480 g/mol. The number of ether oxygens (including phenoxy) is 4. The number of rotatable bonds is 9.